The van der Waals surface area contributed by atoms with E-state index < -0.39 is 0 Å². The minimum absolute atomic E-state index is 0.121. The van der Waals surface area contributed by atoms with Crippen LogP contribution in [0.2, 0.25) is 0 Å². The maximum Gasteiger partial charge on any atom is 0.196 e. The van der Waals surface area contributed by atoms with E-state index in [1.807, 2.05) is 78.1 Å². The molecule has 0 spiro atoms. The molecule has 1 aliphatic rings. The standard InChI is InChI=1S/C18H12BrN.C18H11Br.C15H13Br.C12H7BrO.C12H7BrS.2C5H4BrN.C4H3BrN2/c19-13-10-11-18-16(12-13)15-8-4-5-9-17(15)20(18)14-6-2-1-3-7-14;19-12-9-10-17-15-7-2-1-5-13(15)14-6-3-4-8-16(14)18(17)11-12;1-15(2)13-6-4-3-5-11(13)12-8-7-10(16)9-14(12)15;13-10-6-3-5-9-8-4-1-2-7-11(8)14-12(9)10;13-8-5-6-10-9-3-1-2-4-11(9)14-12(10)7-8;6-5-2-1-3-7-4-5;6-5-3-1-2-4-7-5;5-4-6-2-1-3-7-4/h1-12H;1-11H;3-9H,1-2H3;2*1-7H;2*1-4H;1-3H. The van der Waals surface area contributed by atoms with Crippen LogP contribution in [-0.4, -0.2) is 24.5 Å². The summed E-state index contributed by atoms with van der Waals surface area (Å²) in [5.41, 5.74) is 11.3. The zero-order valence-electron chi connectivity index (χ0n) is 55.8. The third-order valence-electron chi connectivity index (χ3n) is 17.4. The van der Waals surface area contributed by atoms with Crippen molar-refractivity contribution in [1.29, 1.82) is 0 Å². The molecule has 13 aromatic carbocycles. The van der Waals surface area contributed by atoms with Crippen LogP contribution in [0, 0.1) is 0 Å². The lowest BCUT2D eigenvalue weighted by atomic mass is 9.82. The first-order valence-electron chi connectivity index (χ1n) is 33.0. The molecule has 0 N–H and O–H groups in total. The highest BCUT2D eigenvalue weighted by molar-refractivity contribution is 9.11. The smallest absolute Gasteiger partial charge is 0.196 e. The first-order valence-corrected chi connectivity index (χ1v) is 40.1. The van der Waals surface area contributed by atoms with E-state index in [1.54, 1.807) is 37.1 Å². The van der Waals surface area contributed by atoms with E-state index >= 15 is 0 Å². The third kappa shape index (κ3) is 17.3. The van der Waals surface area contributed by atoms with Crippen molar-refractivity contribution in [2.45, 2.75) is 19.3 Å². The van der Waals surface area contributed by atoms with E-state index in [2.05, 4.69) is 396 Å². The van der Waals surface area contributed by atoms with Crippen LogP contribution in [0.25, 0.3) is 113 Å². The average molecular weight is 1890 g/mol. The SMILES string of the molecule is Brc1ccc2c(c1)c1ccccc1n2-c1ccccc1.Brc1ccc2c(c1)sc1ccccc12.Brc1ccc2c3ccccc3c3ccccc3c2c1.Brc1cccc2c1oc1ccccc12.Brc1ccccn1.Brc1cccnc1.Brc1ncccn1.CC1(C)c2ccccc2-c2ccc(Br)cc21. The Balaban J connectivity index is 0.000000108. The Hall–Kier alpha value is -8.32. The number of fused-ring (bicyclic) bond motifs is 18. The summed E-state index contributed by atoms with van der Waals surface area (Å²) in [6.45, 7) is 4.59. The number of benzene rings is 13. The van der Waals surface area contributed by atoms with Crippen molar-refractivity contribution in [3.05, 3.63) is 382 Å². The molecule has 104 heavy (non-hydrogen) atoms. The summed E-state index contributed by atoms with van der Waals surface area (Å²) in [5.74, 6) is 0. The number of hydrogen-bond acceptors (Lipinski definition) is 6. The number of aromatic nitrogens is 5. The predicted molar refractivity (Wildman–Crippen MR) is 469 cm³/mol. The number of nitrogens with zero attached hydrogens (tertiary/aromatic N) is 5. The van der Waals surface area contributed by atoms with E-state index in [9.17, 15) is 0 Å². The molecule has 15 heteroatoms. The Kier molecular flexibility index (Phi) is 24.7. The van der Waals surface area contributed by atoms with Crippen LogP contribution in [0.3, 0.4) is 0 Å². The molecule has 0 fully saturated rings. The van der Waals surface area contributed by atoms with Crippen LogP contribution < -0.4 is 0 Å². The first kappa shape index (κ1) is 74.0. The minimum atomic E-state index is 0.121. The summed E-state index contributed by atoms with van der Waals surface area (Å²) < 4.78 is 18.9. The molecule has 0 amide bonds. The minimum Gasteiger partial charge on any atom is -0.455 e. The number of para-hydroxylation sites is 4. The molecular weight excluding hydrogens is 1830 g/mol. The molecular formula is C89H61Br8N5OS. The van der Waals surface area contributed by atoms with Gasteiger partial charge in [0.2, 0.25) is 0 Å². The van der Waals surface area contributed by atoms with Gasteiger partial charge in [-0.25, -0.2) is 15.0 Å². The van der Waals surface area contributed by atoms with Gasteiger partial charge in [-0.2, -0.15) is 0 Å². The highest BCUT2D eigenvalue weighted by Gasteiger charge is 2.35. The van der Waals surface area contributed by atoms with E-state index in [0.29, 0.717) is 4.73 Å². The molecule has 0 radical (unpaired) electrons. The number of thiophene rings is 1. The van der Waals surface area contributed by atoms with Crippen LogP contribution in [0.1, 0.15) is 25.0 Å². The van der Waals surface area contributed by atoms with Crippen molar-refractivity contribution in [2.24, 2.45) is 0 Å². The van der Waals surface area contributed by atoms with E-state index in [1.165, 1.54) is 108 Å². The Morgan fingerprint density at radius 3 is 1.49 bits per heavy atom. The second-order valence-electron chi connectivity index (χ2n) is 24.3. The summed E-state index contributed by atoms with van der Waals surface area (Å²) in [4.78, 5) is 15.3. The average Bonchev–Trinajstić information content (AvgIpc) is 0.950. The summed E-state index contributed by atoms with van der Waals surface area (Å²) >= 11 is 29.1. The molecule has 0 unspecified atom stereocenters. The fraction of sp³-hybridized carbons (Fsp3) is 0.0337. The lowest BCUT2D eigenvalue weighted by molar-refractivity contribution is 0.660. The van der Waals surface area contributed by atoms with Gasteiger partial charge in [-0.3, -0.25) is 4.98 Å². The second-order valence-corrected chi connectivity index (χ2v) is 32.3. The van der Waals surface area contributed by atoms with Gasteiger partial charge in [-0.1, -0.05) is 260 Å². The zero-order valence-corrected chi connectivity index (χ0v) is 69.3. The van der Waals surface area contributed by atoms with Gasteiger partial charge >= 0.3 is 0 Å². The highest BCUT2D eigenvalue weighted by atomic mass is 79.9. The van der Waals surface area contributed by atoms with Crippen molar-refractivity contribution in [1.82, 2.24) is 24.5 Å². The Morgan fingerprint density at radius 2 is 0.846 bits per heavy atom. The van der Waals surface area contributed by atoms with Gasteiger partial charge in [-0.05, 0) is 240 Å². The summed E-state index contributed by atoms with van der Waals surface area (Å²) in [6, 6.07) is 105. The van der Waals surface area contributed by atoms with E-state index in [0.717, 1.165) is 48.0 Å². The van der Waals surface area contributed by atoms with Crippen LogP contribution in [0.5, 0.6) is 0 Å². The molecule has 19 aromatic rings. The van der Waals surface area contributed by atoms with Gasteiger partial charge in [0.25, 0.3) is 0 Å². The molecule has 6 heterocycles. The highest BCUT2D eigenvalue weighted by Crippen LogP contribution is 2.49. The Bertz CT molecular complexity index is 6030. The van der Waals surface area contributed by atoms with Crippen LogP contribution >= 0.6 is 139 Å². The number of rotatable bonds is 1. The molecule has 0 bridgehead atoms. The maximum absolute atomic E-state index is 5.74. The van der Waals surface area contributed by atoms with E-state index in [-0.39, 0.29) is 5.41 Å². The molecule has 510 valence electrons. The van der Waals surface area contributed by atoms with E-state index in [4.69, 9.17) is 4.42 Å². The van der Waals surface area contributed by atoms with Gasteiger partial charge in [0, 0.05) is 106 Å². The normalized spacial score (nSPS) is 11.4. The van der Waals surface area contributed by atoms with Gasteiger partial charge in [0.15, 0.2) is 4.73 Å². The lowest BCUT2D eigenvalue weighted by Crippen LogP contribution is -2.14. The number of halogens is 8. The van der Waals surface area contributed by atoms with Crippen molar-refractivity contribution in [3.8, 4) is 16.8 Å². The number of hydrogen-bond donors (Lipinski definition) is 0. The molecule has 0 aliphatic heterocycles. The van der Waals surface area contributed by atoms with Crippen molar-refractivity contribution < 1.29 is 4.42 Å². The molecule has 0 atom stereocenters. The second kappa shape index (κ2) is 34.7. The number of furan rings is 1. The molecule has 1 aliphatic carbocycles. The van der Waals surface area contributed by atoms with Crippen molar-refractivity contribution in [2.75, 3.05) is 0 Å². The summed E-state index contributed by atoms with van der Waals surface area (Å²) in [5, 5.41) is 15.5. The van der Waals surface area contributed by atoms with Crippen LogP contribution in [0.4, 0.5) is 0 Å². The predicted octanol–water partition coefficient (Wildman–Crippen LogP) is 30.3. The van der Waals surface area contributed by atoms with Gasteiger partial charge in [-0.15, -0.1) is 11.3 Å². The zero-order chi connectivity index (χ0) is 72.1. The van der Waals surface area contributed by atoms with Gasteiger partial charge < -0.3 is 8.98 Å². The van der Waals surface area contributed by atoms with Crippen molar-refractivity contribution >= 4 is 235 Å². The quantitative estimate of drug-likeness (QED) is 0.0930. The maximum atomic E-state index is 5.74. The van der Waals surface area contributed by atoms with Crippen molar-refractivity contribution in [3.63, 3.8) is 0 Å². The monoisotopic (exact) mass is 1880 g/mol. The largest absolute Gasteiger partial charge is 0.455 e. The molecule has 0 saturated carbocycles. The van der Waals surface area contributed by atoms with Crippen LogP contribution in [0.15, 0.2) is 375 Å². The van der Waals surface area contributed by atoms with Gasteiger partial charge in [0.1, 0.15) is 15.8 Å². The number of pyridine rings is 2. The molecule has 20 rings (SSSR count). The molecule has 6 aromatic heterocycles. The molecule has 0 saturated heterocycles. The Morgan fingerprint density at radius 1 is 0.327 bits per heavy atom. The fourth-order valence-electron chi connectivity index (χ4n) is 12.7. The third-order valence-corrected chi connectivity index (χ3v) is 22.5. The molecule has 6 nitrogen and oxygen atoms in total. The fourth-order valence-corrected chi connectivity index (χ4v) is 16.7. The topological polar surface area (TPSA) is 69.6 Å². The first-order chi connectivity index (χ1) is 50.7. The van der Waals surface area contributed by atoms with Crippen LogP contribution in [-0.2, 0) is 5.41 Å². The summed E-state index contributed by atoms with van der Waals surface area (Å²) in [6.07, 6.45) is 8.59. The van der Waals surface area contributed by atoms with Gasteiger partial charge in [0.05, 0.1) is 15.5 Å². The summed E-state index contributed by atoms with van der Waals surface area (Å²) in [7, 11) is 0. The Labute approximate surface area is 674 Å². The lowest BCUT2D eigenvalue weighted by Gasteiger charge is -2.21.